The Hall–Kier alpha value is -2.82. The highest BCUT2D eigenvalue weighted by molar-refractivity contribution is 9.11. The van der Waals surface area contributed by atoms with Crippen molar-refractivity contribution >= 4 is 42.6 Å². The molecule has 0 aliphatic heterocycles. The Morgan fingerprint density at radius 3 is 1.87 bits per heavy atom. The topological polar surface area (TPSA) is 25.8 Å². The van der Waals surface area contributed by atoms with Crippen molar-refractivity contribution in [1.82, 2.24) is 9.97 Å². The first-order chi connectivity index (χ1) is 15.0. The van der Waals surface area contributed by atoms with Crippen LogP contribution in [0.15, 0.2) is 99.9 Å². The Balaban J connectivity index is 1.72. The SMILES string of the molecule is Cc1ccc(-c2cc(-c3ccc4ccccc4c3)nc(-c3cc(Br)cc(Br)c3)n2)cc1. The van der Waals surface area contributed by atoms with Crippen LogP contribution < -0.4 is 0 Å². The van der Waals surface area contributed by atoms with Gasteiger partial charge in [-0.05, 0) is 48.0 Å². The summed E-state index contributed by atoms with van der Waals surface area (Å²) in [7, 11) is 0. The van der Waals surface area contributed by atoms with Gasteiger partial charge in [-0.1, -0.05) is 98.1 Å². The lowest BCUT2D eigenvalue weighted by atomic mass is 10.0. The number of fused-ring (bicyclic) bond motifs is 1. The molecule has 1 aromatic heterocycles. The van der Waals surface area contributed by atoms with E-state index in [0.717, 1.165) is 37.0 Å². The van der Waals surface area contributed by atoms with Crippen molar-refractivity contribution in [2.45, 2.75) is 6.92 Å². The molecule has 150 valence electrons. The molecule has 2 nitrogen and oxygen atoms in total. The van der Waals surface area contributed by atoms with E-state index in [1.807, 2.05) is 18.2 Å². The summed E-state index contributed by atoms with van der Waals surface area (Å²) in [6.07, 6.45) is 0. The first-order valence-corrected chi connectivity index (χ1v) is 11.6. The van der Waals surface area contributed by atoms with Gasteiger partial charge in [-0.25, -0.2) is 9.97 Å². The number of hydrogen-bond acceptors (Lipinski definition) is 2. The average molecular weight is 530 g/mol. The monoisotopic (exact) mass is 528 g/mol. The maximum atomic E-state index is 4.95. The summed E-state index contributed by atoms with van der Waals surface area (Å²) < 4.78 is 1.96. The molecule has 0 unspecified atom stereocenters. The third-order valence-corrected chi connectivity index (χ3v) is 6.16. The van der Waals surface area contributed by atoms with Gasteiger partial charge in [0, 0.05) is 25.6 Å². The fraction of sp³-hybridized carbons (Fsp3) is 0.0370. The molecule has 5 rings (SSSR count). The molecule has 0 atom stereocenters. The average Bonchev–Trinajstić information content (AvgIpc) is 2.78. The minimum atomic E-state index is 0.697. The highest BCUT2D eigenvalue weighted by Crippen LogP contribution is 2.31. The molecule has 5 aromatic rings. The standard InChI is InChI=1S/C27H18Br2N2/c1-17-6-8-19(9-7-17)25-16-26(21-11-10-18-4-2-3-5-20(18)12-21)31-27(30-25)22-13-23(28)15-24(29)14-22/h2-16H,1H3. The molecule has 0 radical (unpaired) electrons. The van der Waals surface area contributed by atoms with Crippen LogP contribution in [0.3, 0.4) is 0 Å². The number of halogens is 2. The Kier molecular flexibility index (Phi) is 5.43. The van der Waals surface area contributed by atoms with Gasteiger partial charge in [0.1, 0.15) is 0 Å². The summed E-state index contributed by atoms with van der Waals surface area (Å²) in [6, 6.07) is 31.5. The predicted molar refractivity (Wildman–Crippen MR) is 136 cm³/mol. The van der Waals surface area contributed by atoms with Crippen LogP contribution in [0, 0.1) is 6.92 Å². The second-order valence-corrected chi connectivity index (χ2v) is 9.38. The maximum Gasteiger partial charge on any atom is 0.160 e. The number of nitrogens with zero attached hydrogens (tertiary/aromatic N) is 2. The van der Waals surface area contributed by atoms with Gasteiger partial charge < -0.3 is 0 Å². The second-order valence-electron chi connectivity index (χ2n) is 7.55. The third kappa shape index (κ3) is 4.32. The molecule has 0 saturated carbocycles. The predicted octanol–water partition coefficient (Wildman–Crippen LogP) is 8.46. The molecular weight excluding hydrogens is 512 g/mol. The van der Waals surface area contributed by atoms with Gasteiger partial charge in [0.15, 0.2) is 5.82 Å². The highest BCUT2D eigenvalue weighted by Gasteiger charge is 2.12. The Morgan fingerprint density at radius 1 is 0.548 bits per heavy atom. The van der Waals surface area contributed by atoms with Crippen LogP contribution in [0.5, 0.6) is 0 Å². The fourth-order valence-electron chi connectivity index (χ4n) is 3.63. The number of hydrogen-bond donors (Lipinski definition) is 0. The van der Waals surface area contributed by atoms with Crippen molar-refractivity contribution in [3.63, 3.8) is 0 Å². The summed E-state index contributed by atoms with van der Waals surface area (Å²) in [6.45, 7) is 2.09. The number of aryl methyl sites for hydroxylation is 1. The van der Waals surface area contributed by atoms with Crippen molar-refractivity contribution in [2.75, 3.05) is 0 Å². The summed E-state index contributed by atoms with van der Waals surface area (Å²) in [5, 5.41) is 2.41. The van der Waals surface area contributed by atoms with Crippen LogP contribution in [0.1, 0.15) is 5.56 Å². The lowest BCUT2D eigenvalue weighted by Crippen LogP contribution is -1.96. The van der Waals surface area contributed by atoms with Crippen molar-refractivity contribution in [3.8, 4) is 33.9 Å². The van der Waals surface area contributed by atoms with E-state index in [2.05, 4.69) is 112 Å². The molecule has 4 aromatic carbocycles. The van der Waals surface area contributed by atoms with E-state index < -0.39 is 0 Å². The largest absolute Gasteiger partial charge is 0.228 e. The molecule has 0 amide bonds. The Bertz CT molecular complexity index is 1390. The number of aromatic nitrogens is 2. The number of rotatable bonds is 3. The van der Waals surface area contributed by atoms with E-state index in [1.165, 1.54) is 16.3 Å². The van der Waals surface area contributed by atoms with Crippen molar-refractivity contribution < 1.29 is 0 Å². The first-order valence-electron chi connectivity index (χ1n) is 9.97. The molecule has 0 spiro atoms. The Morgan fingerprint density at radius 2 is 1.16 bits per heavy atom. The van der Waals surface area contributed by atoms with E-state index >= 15 is 0 Å². The van der Waals surface area contributed by atoms with Gasteiger partial charge in [0.2, 0.25) is 0 Å². The zero-order chi connectivity index (χ0) is 21.4. The van der Waals surface area contributed by atoms with Crippen LogP contribution in [-0.4, -0.2) is 9.97 Å². The minimum absolute atomic E-state index is 0.697. The zero-order valence-electron chi connectivity index (χ0n) is 16.8. The molecule has 0 saturated heterocycles. The molecule has 0 bridgehead atoms. The lowest BCUT2D eigenvalue weighted by molar-refractivity contribution is 1.18. The maximum absolute atomic E-state index is 4.95. The van der Waals surface area contributed by atoms with E-state index in [-0.39, 0.29) is 0 Å². The van der Waals surface area contributed by atoms with Gasteiger partial charge in [0.05, 0.1) is 11.4 Å². The van der Waals surface area contributed by atoms with E-state index in [9.17, 15) is 0 Å². The third-order valence-electron chi connectivity index (χ3n) is 5.24. The van der Waals surface area contributed by atoms with Gasteiger partial charge in [-0.15, -0.1) is 0 Å². The van der Waals surface area contributed by atoms with E-state index in [0.29, 0.717) is 5.82 Å². The first kappa shape index (κ1) is 20.1. The minimum Gasteiger partial charge on any atom is -0.228 e. The number of benzene rings is 4. The van der Waals surface area contributed by atoms with Crippen molar-refractivity contribution in [2.24, 2.45) is 0 Å². The summed E-state index contributed by atoms with van der Waals surface area (Å²) >= 11 is 7.17. The van der Waals surface area contributed by atoms with Crippen molar-refractivity contribution in [3.05, 3.63) is 106 Å². The smallest absolute Gasteiger partial charge is 0.160 e. The molecule has 1 heterocycles. The zero-order valence-corrected chi connectivity index (χ0v) is 20.0. The van der Waals surface area contributed by atoms with Crippen LogP contribution in [-0.2, 0) is 0 Å². The fourth-order valence-corrected chi connectivity index (χ4v) is 4.92. The van der Waals surface area contributed by atoms with E-state index in [4.69, 9.17) is 9.97 Å². The summed E-state index contributed by atoms with van der Waals surface area (Å²) in [5.41, 5.74) is 6.14. The van der Waals surface area contributed by atoms with Crippen LogP contribution in [0.4, 0.5) is 0 Å². The van der Waals surface area contributed by atoms with Gasteiger partial charge in [0.25, 0.3) is 0 Å². The van der Waals surface area contributed by atoms with Crippen LogP contribution in [0.25, 0.3) is 44.7 Å². The molecular formula is C27H18Br2N2. The lowest BCUT2D eigenvalue weighted by Gasteiger charge is -2.11. The molecule has 0 fully saturated rings. The Labute approximate surface area is 198 Å². The van der Waals surface area contributed by atoms with Crippen molar-refractivity contribution in [1.29, 1.82) is 0 Å². The van der Waals surface area contributed by atoms with Gasteiger partial charge in [-0.3, -0.25) is 0 Å². The summed E-state index contributed by atoms with van der Waals surface area (Å²) in [4.78, 5) is 9.87. The molecule has 0 aliphatic carbocycles. The molecule has 0 N–H and O–H groups in total. The molecule has 4 heteroatoms. The highest BCUT2D eigenvalue weighted by atomic mass is 79.9. The molecule has 31 heavy (non-hydrogen) atoms. The van der Waals surface area contributed by atoms with Gasteiger partial charge >= 0.3 is 0 Å². The van der Waals surface area contributed by atoms with Crippen LogP contribution >= 0.6 is 31.9 Å². The summed E-state index contributed by atoms with van der Waals surface area (Å²) in [5.74, 6) is 0.697. The van der Waals surface area contributed by atoms with Gasteiger partial charge in [-0.2, -0.15) is 0 Å². The second kappa shape index (κ2) is 8.37. The normalized spacial score (nSPS) is 11.1. The van der Waals surface area contributed by atoms with Crippen LogP contribution in [0.2, 0.25) is 0 Å². The molecule has 0 aliphatic rings. The van der Waals surface area contributed by atoms with E-state index in [1.54, 1.807) is 0 Å². The quantitative estimate of drug-likeness (QED) is 0.234.